The highest BCUT2D eigenvalue weighted by Crippen LogP contribution is 2.22. The SMILES string of the molecule is c1ccc(-c2ncco2)c(CC2=NCCN2)c1. The third-order valence-electron chi connectivity index (χ3n) is 2.78. The van der Waals surface area contributed by atoms with Crippen LogP contribution in [0.1, 0.15) is 5.56 Å². The molecule has 4 heteroatoms. The van der Waals surface area contributed by atoms with E-state index in [0.717, 1.165) is 30.9 Å². The minimum atomic E-state index is 0.666. The van der Waals surface area contributed by atoms with Crippen LogP contribution in [0.4, 0.5) is 0 Å². The summed E-state index contributed by atoms with van der Waals surface area (Å²) in [6.07, 6.45) is 4.06. The van der Waals surface area contributed by atoms with E-state index in [9.17, 15) is 0 Å². The van der Waals surface area contributed by atoms with Crippen LogP contribution in [-0.4, -0.2) is 23.9 Å². The van der Waals surface area contributed by atoms with Crippen molar-refractivity contribution in [1.82, 2.24) is 10.3 Å². The van der Waals surface area contributed by atoms with Gasteiger partial charge in [-0.05, 0) is 11.6 Å². The van der Waals surface area contributed by atoms with Crippen molar-refractivity contribution in [2.24, 2.45) is 4.99 Å². The van der Waals surface area contributed by atoms with E-state index in [2.05, 4.69) is 21.4 Å². The quantitative estimate of drug-likeness (QED) is 0.871. The van der Waals surface area contributed by atoms with Crippen LogP contribution < -0.4 is 5.32 Å². The van der Waals surface area contributed by atoms with Gasteiger partial charge in [0, 0.05) is 18.5 Å². The fraction of sp³-hybridized carbons (Fsp3) is 0.231. The molecule has 2 aromatic rings. The van der Waals surface area contributed by atoms with Crippen molar-refractivity contribution >= 4 is 5.84 Å². The van der Waals surface area contributed by atoms with Crippen LogP contribution in [0.2, 0.25) is 0 Å². The Morgan fingerprint density at radius 2 is 2.24 bits per heavy atom. The zero-order valence-electron chi connectivity index (χ0n) is 9.39. The van der Waals surface area contributed by atoms with Gasteiger partial charge >= 0.3 is 0 Å². The van der Waals surface area contributed by atoms with Gasteiger partial charge in [0.25, 0.3) is 0 Å². The molecule has 0 atom stereocenters. The molecule has 86 valence electrons. The number of nitrogens with zero attached hydrogens (tertiary/aromatic N) is 2. The first kappa shape index (κ1) is 10.1. The number of benzene rings is 1. The van der Waals surface area contributed by atoms with E-state index in [0.29, 0.717) is 5.89 Å². The van der Waals surface area contributed by atoms with Gasteiger partial charge in [-0.3, -0.25) is 4.99 Å². The number of oxazole rings is 1. The van der Waals surface area contributed by atoms with Gasteiger partial charge in [-0.25, -0.2) is 4.98 Å². The van der Waals surface area contributed by atoms with E-state index in [-0.39, 0.29) is 0 Å². The Morgan fingerprint density at radius 1 is 1.29 bits per heavy atom. The maximum Gasteiger partial charge on any atom is 0.226 e. The molecule has 1 aliphatic heterocycles. The van der Waals surface area contributed by atoms with Crippen LogP contribution in [0.5, 0.6) is 0 Å². The second-order valence-electron chi connectivity index (χ2n) is 3.93. The normalized spacial score (nSPS) is 14.5. The molecule has 1 aromatic carbocycles. The Kier molecular flexibility index (Phi) is 2.62. The highest BCUT2D eigenvalue weighted by molar-refractivity contribution is 5.87. The molecule has 17 heavy (non-hydrogen) atoms. The number of nitrogens with one attached hydrogen (secondary N) is 1. The molecule has 0 unspecified atom stereocenters. The fourth-order valence-corrected chi connectivity index (χ4v) is 1.99. The first-order chi connectivity index (χ1) is 8.43. The zero-order valence-corrected chi connectivity index (χ0v) is 9.39. The average Bonchev–Trinajstić information content (AvgIpc) is 3.01. The van der Waals surface area contributed by atoms with E-state index < -0.39 is 0 Å². The third-order valence-corrected chi connectivity index (χ3v) is 2.78. The predicted molar refractivity (Wildman–Crippen MR) is 65.9 cm³/mol. The van der Waals surface area contributed by atoms with Crippen LogP contribution in [0, 0.1) is 0 Å². The summed E-state index contributed by atoms with van der Waals surface area (Å²) in [7, 11) is 0. The molecular formula is C13H13N3O. The van der Waals surface area contributed by atoms with E-state index in [1.54, 1.807) is 12.5 Å². The fourth-order valence-electron chi connectivity index (χ4n) is 1.99. The van der Waals surface area contributed by atoms with Gasteiger partial charge in [0.05, 0.1) is 12.7 Å². The van der Waals surface area contributed by atoms with Gasteiger partial charge < -0.3 is 9.73 Å². The molecule has 1 N–H and O–H groups in total. The van der Waals surface area contributed by atoms with Gasteiger partial charge in [-0.15, -0.1) is 0 Å². The number of amidine groups is 1. The molecule has 0 aliphatic carbocycles. The number of hydrogen-bond donors (Lipinski definition) is 1. The Bertz CT molecular complexity index is 531. The lowest BCUT2D eigenvalue weighted by Crippen LogP contribution is -2.20. The van der Waals surface area contributed by atoms with E-state index >= 15 is 0 Å². The molecular weight excluding hydrogens is 214 g/mol. The number of hydrogen-bond acceptors (Lipinski definition) is 4. The molecule has 0 bridgehead atoms. The lowest BCUT2D eigenvalue weighted by molar-refractivity contribution is 0.574. The van der Waals surface area contributed by atoms with Crippen molar-refractivity contribution in [1.29, 1.82) is 0 Å². The zero-order chi connectivity index (χ0) is 11.5. The Balaban J connectivity index is 1.93. The van der Waals surface area contributed by atoms with Gasteiger partial charge in [-0.1, -0.05) is 18.2 Å². The highest BCUT2D eigenvalue weighted by atomic mass is 16.3. The molecule has 0 saturated carbocycles. The molecule has 1 aliphatic rings. The van der Waals surface area contributed by atoms with Gasteiger partial charge in [0.1, 0.15) is 12.1 Å². The summed E-state index contributed by atoms with van der Waals surface area (Å²) in [5, 5.41) is 3.28. The summed E-state index contributed by atoms with van der Waals surface area (Å²) in [6, 6.07) is 8.13. The predicted octanol–water partition coefficient (Wildman–Crippen LogP) is 1.89. The molecule has 2 heterocycles. The molecule has 0 radical (unpaired) electrons. The van der Waals surface area contributed by atoms with Crippen LogP contribution in [-0.2, 0) is 6.42 Å². The monoisotopic (exact) mass is 227 g/mol. The summed E-state index contributed by atoms with van der Waals surface area (Å²) in [5.74, 6) is 1.71. The van der Waals surface area contributed by atoms with Crippen molar-refractivity contribution in [3.63, 3.8) is 0 Å². The van der Waals surface area contributed by atoms with Crippen LogP contribution in [0.25, 0.3) is 11.5 Å². The van der Waals surface area contributed by atoms with Crippen molar-refractivity contribution in [2.45, 2.75) is 6.42 Å². The largest absolute Gasteiger partial charge is 0.445 e. The summed E-state index contributed by atoms with van der Waals surface area (Å²) >= 11 is 0. The van der Waals surface area contributed by atoms with Crippen molar-refractivity contribution in [3.8, 4) is 11.5 Å². The summed E-state index contributed by atoms with van der Waals surface area (Å²) in [4.78, 5) is 8.60. The average molecular weight is 227 g/mol. The van der Waals surface area contributed by atoms with E-state index in [1.165, 1.54) is 5.56 Å². The maximum atomic E-state index is 5.35. The Morgan fingerprint density at radius 3 is 3.00 bits per heavy atom. The number of aliphatic imine (C=N–C) groups is 1. The number of aromatic nitrogens is 1. The standard InChI is InChI=1S/C13H13N3O/c1-2-4-11(13-16-7-8-17-13)10(3-1)9-12-14-5-6-15-12/h1-4,7-8H,5-6,9H2,(H,14,15). The van der Waals surface area contributed by atoms with Crippen LogP contribution in [0.15, 0.2) is 46.1 Å². The van der Waals surface area contributed by atoms with Crippen molar-refractivity contribution in [2.75, 3.05) is 13.1 Å². The first-order valence-electron chi connectivity index (χ1n) is 5.68. The minimum absolute atomic E-state index is 0.666. The minimum Gasteiger partial charge on any atom is -0.445 e. The van der Waals surface area contributed by atoms with E-state index in [4.69, 9.17) is 4.42 Å². The second-order valence-corrected chi connectivity index (χ2v) is 3.93. The summed E-state index contributed by atoms with van der Waals surface area (Å²) in [5.41, 5.74) is 2.22. The van der Waals surface area contributed by atoms with Gasteiger partial charge in [0.15, 0.2) is 0 Å². The number of rotatable bonds is 3. The van der Waals surface area contributed by atoms with Crippen molar-refractivity contribution in [3.05, 3.63) is 42.3 Å². The molecule has 0 amide bonds. The third kappa shape index (κ3) is 2.06. The lowest BCUT2D eigenvalue weighted by atomic mass is 10.0. The molecule has 1 aromatic heterocycles. The molecule has 0 spiro atoms. The highest BCUT2D eigenvalue weighted by Gasteiger charge is 2.12. The van der Waals surface area contributed by atoms with E-state index in [1.807, 2.05) is 18.2 Å². The van der Waals surface area contributed by atoms with Gasteiger partial charge in [0.2, 0.25) is 5.89 Å². The summed E-state index contributed by atoms with van der Waals surface area (Å²) in [6.45, 7) is 1.81. The Hall–Kier alpha value is -2.10. The Labute approximate surface area is 99.4 Å². The lowest BCUT2D eigenvalue weighted by Gasteiger charge is -2.06. The van der Waals surface area contributed by atoms with Crippen LogP contribution in [0.3, 0.4) is 0 Å². The maximum absolute atomic E-state index is 5.35. The first-order valence-corrected chi connectivity index (χ1v) is 5.68. The molecule has 0 fully saturated rings. The molecule has 4 nitrogen and oxygen atoms in total. The molecule has 3 rings (SSSR count). The summed E-state index contributed by atoms with van der Waals surface area (Å²) < 4.78 is 5.35. The molecule has 0 saturated heterocycles. The topological polar surface area (TPSA) is 50.4 Å². The van der Waals surface area contributed by atoms with Crippen molar-refractivity contribution < 1.29 is 4.42 Å². The second kappa shape index (κ2) is 4.41. The van der Waals surface area contributed by atoms with Crippen LogP contribution >= 0.6 is 0 Å². The van der Waals surface area contributed by atoms with Gasteiger partial charge in [-0.2, -0.15) is 0 Å². The smallest absolute Gasteiger partial charge is 0.226 e.